The molecule has 0 spiro atoms. The fourth-order valence-electron chi connectivity index (χ4n) is 1.96. The quantitative estimate of drug-likeness (QED) is 0.716. The van der Waals surface area contributed by atoms with Crippen molar-refractivity contribution in [2.24, 2.45) is 0 Å². The van der Waals surface area contributed by atoms with Gasteiger partial charge in [-0.1, -0.05) is 17.7 Å². The number of thioether (sulfide) groups is 1. The second-order valence-corrected chi connectivity index (χ2v) is 5.63. The molecule has 0 fully saturated rings. The van der Waals surface area contributed by atoms with Crippen LogP contribution in [0.5, 0.6) is 5.75 Å². The smallest absolute Gasteiger partial charge is 0.320 e. The maximum absolute atomic E-state index is 11.1. The van der Waals surface area contributed by atoms with Gasteiger partial charge >= 0.3 is 5.97 Å². The molecule has 1 unspecified atom stereocenters. The van der Waals surface area contributed by atoms with Gasteiger partial charge in [0, 0.05) is 12.1 Å². The Morgan fingerprint density at radius 3 is 2.68 bits per heavy atom. The maximum Gasteiger partial charge on any atom is 0.320 e. The summed E-state index contributed by atoms with van der Waals surface area (Å²) >= 11 is 1.62. The molecule has 1 rings (SSSR count). The number of carboxylic acid groups (broad SMARTS) is 1. The minimum atomic E-state index is -0.849. The molecule has 1 atom stereocenters. The number of benzene rings is 1. The van der Waals surface area contributed by atoms with Crippen molar-refractivity contribution < 1.29 is 15.0 Å². The van der Waals surface area contributed by atoms with Crippen LogP contribution in [0.25, 0.3) is 0 Å². The lowest BCUT2D eigenvalue weighted by Gasteiger charge is -2.15. The minimum Gasteiger partial charge on any atom is -0.507 e. The van der Waals surface area contributed by atoms with Gasteiger partial charge in [0.25, 0.3) is 0 Å². The highest BCUT2D eigenvalue weighted by molar-refractivity contribution is 7.98. The summed E-state index contributed by atoms with van der Waals surface area (Å²) in [6.45, 7) is 4.16. The average Bonchev–Trinajstić information content (AvgIpc) is 2.34. The lowest BCUT2D eigenvalue weighted by molar-refractivity contribution is -0.139. The van der Waals surface area contributed by atoms with Crippen molar-refractivity contribution in [3.8, 4) is 5.75 Å². The molecule has 0 radical (unpaired) electrons. The van der Waals surface area contributed by atoms with E-state index in [4.69, 9.17) is 5.11 Å². The molecule has 0 aliphatic carbocycles. The van der Waals surface area contributed by atoms with Gasteiger partial charge < -0.3 is 15.5 Å². The van der Waals surface area contributed by atoms with E-state index in [0.29, 0.717) is 13.0 Å². The SMILES string of the molecule is CSCCC(NCc1cc(C)cc(C)c1O)C(=O)O. The summed E-state index contributed by atoms with van der Waals surface area (Å²) in [5.41, 5.74) is 2.61. The molecular weight excluding hydrogens is 262 g/mol. The second-order valence-electron chi connectivity index (χ2n) is 4.64. The molecule has 0 saturated carbocycles. The molecule has 0 aliphatic heterocycles. The fourth-order valence-corrected chi connectivity index (χ4v) is 2.44. The first-order valence-electron chi connectivity index (χ1n) is 6.20. The molecule has 0 bridgehead atoms. The van der Waals surface area contributed by atoms with Crippen molar-refractivity contribution in [3.05, 3.63) is 28.8 Å². The van der Waals surface area contributed by atoms with Crippen LogP contribution >= 0.6 is 11.8 Å². The van der Waals surface area contributed by atoms with Crippen LogP contribution in [0.1, 0.15) is 23.1 Å². The predicted molar refractivity (Wildman–Crippen MR) is 78.8 cm³/mol. The summed E-state index contributed by atoms with van der Waals surface area (Å²) in [6, 6.07) is 3.21. The topological polar surface area (TPSA) is 69.6 Å². The summed E-state index contributed by atoms with van der Waals surface area (Å²) in [6.07, 6.45) is 2.52. The van der Waals surface area contributed by atoms with E-state index in [1.807, 2.05) is 32.2 Å². The van der Waals surface area contributed by atoms with Crippen molar-refractivity contribution >= 4 is 17.7 Å². The van der Waals surface area contributed by atoms with Crippen molar-refractivity contribution in [1.82, 2.24) is 5.32 Å². The molecule has 4 nitrogen and oxygen atoms in total. The van der Waals surface area contributed by atoms with Gasteiger partial charge in [0.05, 0.1) is 0 Å². The van der Waals surface area contributed by atoms with Gasteiger partial charge in [-0.05, 0) is 37.8 Å². The molecule has 0 heterocycles. The van der Waals surface area contributed by atoms with Crippen LogP contribution in [0, 0.1) is 13.8 Å². The summed E-state index contributed by atoms with van der Waals surface area (Å²) < 4.78 is 0. The molecule has 19 heavy (non-hydrogen) atoms. The lowest BCUT2D eigenvalue weighted by atomic mass is 10.1. The summed E-state index contributed by atoms with van der Waals surface area (Å²) in [4.78, 5) is 11.1. The third kappa shape index (κ3) is 4.76. The van der Waals surface area contributed by atoms with Gasteiger partial charge in [0.2, 0.25) is 0 Å². The zero-order valence-corrected chi connectivity index (χ0v) is 12.4. The zero-order valence-electron chi connectivity index (χ0n) is 11.6. The molecule has 0 aliphatic rings. The molecule has 0 amide bonds. The number of phenolic OH excluding ortho intramolecular Hbond substituents is 1. The van der Waals surface area contributed by atoms with Crippen LogP contribution in [0.3, 0.4) is 0 Å². The Kier molecular flexibility index (Phi) is 6.18. The monoisotopic (exact) mass is 283 g/mol. The largest absolute Gasteiger partial charge is 0.507 e. The van der Waals surface area contributed by atoms with Crippen molar-refractivity contribution in [1.29, 1.82) is 0 Å². The van der Waals surface area contributed by atoms with Crippen LogP contribution < -0.4 is 5.32 Å². The number of phenols is 1. The number of rotatable bonds is 7. The second kappa shape index (κ2) is 7.40. The van der Waals surface area contributed by atoms with Gasteiger partial charge in [0.1, 0.15) is 11.8 Å². The fraction of sp³-hybridized carbons (Fsp3) is 0.500. The van der Waals surface area contributed by atoms with Gasteiger partial charge in [-0.2, -0.15) is 11.8 Å². The molecule has 5 heteroatoms. The van der Waals surface area contributed by atoms with E-state index in [1.54, 1.807) is 11.8 Å². The maximum atomic E-state index is 11.1. The van der Waals surface area contributed by atoms with Gasteiger partial charge in [0.15, 0.2) is 0 Å². The third-order valence-electron chi connectivity index (χ3n) is 2.97. The van der Waals surface area contributed by atoms with Crippen LogP contribution in [0.15, 0.2) is 12.1 Å². The molecule has 1 aromatic rings. The van der Waals surface area contributed by atoms with Gasteiger partial charge in [-0.3, -0.25) is 4.79 Å². The Bertz CT molecular complexity index is 449. The van der Waals surface area contributed by atoms with Crippen LogP contribution in [-0.4, -0.2) is 34.2 Å². The van der Waals surface area contributed by atoms with E-state index < -0.39 is 12.0 Å². The van der Waals surface area contributed by atoms with Crippen molar-refractivity contribution in [2.45, 2.75) is 32.9 Å². The Balaban J connectivity index is 2.71. The zero-order chi connectivity index (χ0) is 14.4. The number of aryl methyl sites for hydroxylation is 2. The summed E-state index contributed by atoms with van der Waals surface area (Å²) in [5, 5.41) is 22.1. The van der Waals surface area contributed by atoms with E-state index in [1.165, 1.54) is 0 Å². The van der Waals surface area contributed by atoms with Gasteiger partial charge in [-0.15, -0.1) is 0 Å². The normalized spacial score (nSPS) is 12.4. The number of aromatic hydroxyl groups is 1. The van der Waals surface area contributed by atoms with Crippen LogP contribution in [-0.2, 0) is 11.3 Å². The first-order chi connectivity index (χ1) is 8.95. The first-order valence-corrected chi connectivity index (χ1v) is 7.59. The molecule has 3 N–H and O–H groups in total. The van der Waals surface area contributed by atoms with Gasteiger partial charge in [-0.25, -0.2) is 0 Å². The predicted octanol–water partition coefficient (Wildman–Crippen LogP) is 2.30. The van der Waals surface area contributed by atoms with Crippen LogP contribution in [0.4, 0.5) is 0 Å². The van der Waals surface area contributed by atoms with E-state index >= 15 is 0 Å². The first kappa shape index (κ1) is 15.9. The van der Waals surface area contributed by atoms with E-state index in [-0.39, 0.29) is 5.75 Å². The minimum absolute atomic E-state index is 0.243. The summed E-state index contributed by atoms with van der Waals surface area (Å²) in [5.74, 6) is 0.188. The molecule has 0 saturated heterocycles. The Labute approximate surface area is 118 Å². The molecule has 1 aromatic carbocycles. The highest BCUT2D eigenvalue weighted by Crippen LogP contribution is 2.23. The molecule has 106 valence electrons. The highest BCUT2D eigenvalue weighted by atomic mass is 32.2. The summed E-state index contributed by atoms with van der Waals surface area (Å²) in [7, 11) is 0. The van der Waals surface area contributed by atoms with Crippen molar-refractivity contribution in [2.75, 3.05) is 12.0 Å². The van der Waals surface area contributed by atoms with Crippen LogP contribution in [0.2, 0.25) is 0 Å². The Hall–Kier alpha value is -1.20. The molecular formula is C14H21NO3S. The van der Waals surface area contributed by atoms with E-state index in [9.17, 15) is 9.90 Å². The molecule has 0 aromatic heterocycles. The lowest BCUT2D eigenvalue weighted by Crippen LogP contribution is -2.36. The number of hydrogen-bond acceptors (Lipinski definition) is 4. The van der Waals surface area contributed by atoms with E-state index in [2.05, 4.69) is 5.32 Å². The number of nitrogens with one attached hydrogen (secondary N) is 1. The number of carbonyl (C=O) groups is 1. The third-order valence-corrected chi connectivity index (χ3v) is 3.62. The number of carboxylic acids is 1. The van der Waals surface area contributed by atoms with E-state index in [0.717, 1.165) is 22.4 Å². The highest BCUT2D eigenvalue weighted by Gasteiger charge is 2.17. The Morgan fingerprint density at radius 1 is 1.42 bits per heavy atom. The standard InChI is InChI=1S/C14H21NO3S/c1-9-6-10(2)13(16)11(7-9)8-15-12(14(17)18)4-5-19-3/h6-7,12,15-16H,4-5,8H2,1-3H3,(H,17,18). The van der Waals surface area contributed by atoms with Crippen molar-refractivity contribution in [3.63, 3.8) is 0 Å². The number of hydrogen-bond donors (Lipinski definition) is 3. The number of aliphatic carboxylic acids is 1. The Morgan fingerprint density at radius 2 is 2.11 bits per heavy atom. The average molecular weight is 283 g/mol.